The van der Waals surface area contributed by atoms with Crippen molar-refractivity contribution in [2.45, 2.75) is 26.2 Å². The summed E-state index contributed by atoms with van der Waals surface area (Å²) in [5.41, 5.74) is 2.71. The first-order valence-electron chi connectivity index (χ1n) is 7.41. The number of amides is 1. The highest BCUT2D eigenvalue weighted by atomic mass is 35.5. The van der Waals surface area contributed by atoms with E-state index in [2.05, 4.69) is 38.2 Å². The molecule has 24 heavy (non-hydrogen) atoms. The molecule has 0 radical (unpaired) electrons. The van der Waals surface area contributed by atoms with E-state index in [-0.39, 0.29) is 11.3 Å². The van der Waals surface area contributed by atoms with Crippen molar-refractivity contribution in [3.63, 3.8) is 0 Å². The zero-order chi connectivity index (χ0) is 17.9. The number of anilines is 1. The van der Waals surface area contributed by atoms with Crippen LogP contribution in [-0.2, 0) is 10.2 Å². The zero-order valence-electron chi connectivity index (χ0n) is 13.7. The van der Waals surface area contributed by atoms with Crippen LogP contribution in [-0.4, -0.2) is 5.91 Å². The molecule has 0 heterocycles. The summed E-state index contributed by atoms with van der Waals surface area (Å²) < 4.78 is 0. The maximum atomic E-state index is 12.0. The highest BCUT2D eigenvalue weighted by Crippen LogP contribution is 2.32. The van der Waals surface area contributed by atoms with E-state index in [1.165, 1.54) is 23.8 Å². The van der Waals surface area contributed by atoms with Crippen molar-refractivity contribution in [1.82, 2.24) is 0 Å². The van der Waals surface area contributed by atoms with Crippen LogP contribution in [0.3, 0.4) is 0 Å². The highest BCUT2D eigenvalue weighted by Gasteiger charge is 2.12. The molecule has 0 aliphatic heterocycles. The molecule has 2 rings (SSSR count). The fourth-order valence-electron chi connectivity index (χ4n) is 2.06. The lowest BCUT2D eigenvalue weighted by atomic mass is 9.87. The van der Waals surface area contributed by atoms with Crippen molar-refractivity contribution < 1.29 is 4.79 Å². The number of halogens is 3. The van der Waals surface area contributed by atoms with Crippen LogP contribution >= 0.6 is 34.8 Å². The van der Waals surface area contributed by atoms with Gasteiger partial charge in [-0.15, -0.1) is 0 Å². The number of nitrogens with one attached hydrogen (secondary N) is 1. The average molecular weight is 383 g/mol. The Morgan fingerprint density at radius 3 is 2.12 bits per heavy atom. The topological polar surface area (TPSA) is 29.1 Å². The minimum absolute atomic E-state index is 0.101. The first-order valence-corrected chi connectivity index (χ1v) is 8.54. The Morgan fingerprint density at radius 1 is 0.958 bits per heavy atom. The quantitative estimate of drug-likeness (QED) is 0.470. The lowest BCUT2D eigenvalue weighted by Crippen LogP contribution is -2.10. The Morgan fingerprint density at radius 2 is 1.54 bits per heavy atom. The van der Waals surface area contributed by atoms with Gasteiger partial charge in [-0.2, -0.15) is 0 Å². The molecule has 0 saturated carbocycles. The van der Waals surface area contributed by atoms with Gasteiger partial charge in [-0.1, -0.05) is 79.8 Å². The molecular weight excluding hydrogens is 365 g/mol. The Kier molecular flexibility index (Phi) is 5.97. The summed E-state index contributed by atoms with van der Waals surface area (Å²) in [6.45, 7) is 6.48. The number of carbonyl (C=O) groups excluding carboxylic acids is 1. The van der Waals surface area contributed by atoms with Gasteiger partial charge >= 0.3 is 0 Å². The second kappa shape index (κ2) is 7.60. The van der Waals surface area contributed by atoms with Gasteiger partial charge in [-0.25, -0.2) is 0 Å². The molecule has 0 saturated heterocycles. The van der Waals surface area contributed by atoms with E-state index in [1.807, 2.05) is 12.1 Å². The number of rotatable bonds is 3. The third-order valence-corrected chi connectivity index (χ3v) is 4.51. The van der Waals surface area contributed by atoms with E-state index in [0.717, 1.165) is 5.56 Å². The molecule has 0 spiro atoms. The lowest BCUT2D eigenvalue weighted by molar-refractivity contribution is -0.111. The van der Waals surface area contributed by atoms with Gasteiger partial charge in [0.2, 0.25) is 5.91 Å². The minimum atomic E-state index is -0.296. The molecule has 5 heteroatoms. The molecule has 126 valence electrons. The van der Waals surface area contributed by atoms with Crippen LogP contribution in [0.4, 0.5) is 5.69 Å². The lowest BCUT2D eigenvalue weighted by Gasteiger charge is -2.18. The molecule has 0 aliphatic carbocycles. The Balaban J connectivity index is 2.07. The number of benzene rings is 2. The van der Waals surface area contributed by atoms with Gasteiger partial charge in [0.25, 0.3) is 0 Å². The van der Waals surface area contributed by atoms with Crippen LogP contribution in [0.15, 0.2) is 42.5 Å². The predicted molar refractivity (Wildman–Crippen MR) is 104 cm³/mol. The third-order valence-electron chi connectivity index (χ3n) is 3.47. The van der Waals surface area contributed by atoms with Crippen molar-refractivity contribution in [2.24, 2.45) is 0 Å². The van der Waals surface area contributed by atoms with Gasteiger partial charge in [-0.3, -0.25) is 4.79 Å². The van der Waals surface area contributed by atoms with Gasteiger partial charge in [0.15, 0.2) is 0 Å². The molecule has 2 aromatic rings. The van der Waals surface area contributed by atoms with E-state index in [1.54, 1.807) is 6.08 Å². The largest absolute Gasteiger partial charge is 0.321 e. The predicted octanol–water partition coefficient (Wildman–Crippen LogP) is 6.60. The summed E-state index contributed by atoms with van der Waals surface area (Å²) in [5.74, 6) is -0.296. The van der Waals surface area contributed by atoms with Crippen LogP contribution in [0.1, 0.15) is 31.9 Å². The molecule has 1 amide bonds. The van der Waals surface area contributed by atoms with E-state index < -0.39 is 0 Å². The van der Waals surface area contributed by atoms with Crippen LogP contribution in [0.2, 0.25) is 15.1 Å². The number of hydrogen-bond donors (Lipinski definition) is 1. The van der Waals surface area contributed by atoms with Crippen molar-refractivity contribution in [3.8, 4) is 0 Å². The van der Waals surface area contributed by atoms with Crippen LogP contribution in [0.5, 0.6) is 0 Å². The van der Waals surface area contributed by atoms with Crippen molar-refractivity contribution >= 4 is 52.5 Å². The maximum Gasteiger partial charge on any atom is 0.248 e. The smallest absolute Gasteiger partial charge is 0.248 e. The SMILES string of the molecule is CC(C)(C)c1ccc(C=CC(=O)Nc2cc(Cl)c(Cl)cc2Cl)cc1. The van der Waals surface area contributed by atoms with Crippen molar-refractivity contribution in [2.75, 3.05) is 5.32 Å². The normalized spacial score (nSPS) is 11.8. The fourth-order valence-corrected chi connectivity index (χ4v) is 2.65. The van der Waals surface area contributed by atoms with E-state index in [4.69, 9.17) is 34.8 Å². The Bertz CT molecular complexity index is 774. The zero-order valence-corrected chi connectivity index (χ0v) is 15.9. The first kappa shape index (κ1) is 18.9. The average Bonchev–Trinajstić information content (AvgIpc) is 2.50. The number of hydrogen-bond acceptors (Lipinski definition) is 1. The summed E-state index contributed by atoms with van der Waals surface area (Å²) >= 11 is 17.8. The molecule has 0 bridgehead atoms. The number of carbonyl (C=O) groups is 1. The molecule has 0 unspecified atom stereocenters. The summed E-state index contributed by atoms with van der Waals surface area (Å²) in [7, 11) is 0. The maximum absolute atomic E-state index is 12.0. The molecule has 0 aliphatic rings. The Labute approximate surface area is 157 Å². The van der Waals surface area contributed by atoms with E-state index in [9.17, 15) is 4.79 Å². The Hall–Kier alpha value is -1.48. The second-order valence-electron chi connectivity index (χ2n) is 6.44. The van der Waals surface area contributed by atoms with E-state index >= 15 is 0 Å². The van der Waals surface area contributed by atoms with Gasteiger partial charge in [-0.05, 0) is 34.8 Å². The van der Waals surface area contributed by atoms with Gasteiger partial charge < -0.3 is 5.32 Å². The van der Waals surface area contributed by atoms with Crippen LogP contribution in [0, 0.1) is 0 Å². The molecule has 0 aromatic heterocycles. The molecule has 1 N–H and O–H groups in total. The molecule has 0 atom stereocenters. The van der Waals surface area contributed by atoms with Crippen molar-refractivity contribution in [1.29, 1.82) is 0 Å². The molecular formula is C19H18Cl3NO. The highest BCUT2D eigenvalue weighted by molar-refractivity contribution is 6.44. The summed E-state index contributed by atoms with van der Waals surface area (Å²) in [5, 5.41) is 3.69. The third kappa shape index (κ3) is 5.01. The molecule has 2 nitrogen and oxygen atoms in total. The monoisotopic (exact) mass is 381 g/mol. The van der Waals surface area contributed by atoms with Crippen LogP contribution < -0.4 is 5.32 Å². The van der Waals surface area contributed by atoms with Gasteiger partial charge in [0.1, 0.15) is 0 Å². The second-order valence-corrected chi connectivity index (χ2v) is 7.66. The minimum Gasteiger partial charge on any atom is -0.321 e. The summed E-state index contributed by atoms with van der Waals surface area (Å²) in [4.78, 5) is 12.0. The van der Waals surface area contributed by atoms with Crippen LogP contribution in [0.25, 0.3) is 6.08 Å². The first-order chi connectivity index (χ1) is 11.2. The van der Waals surface area contributed by atoms with Gasteiger partial charge in [0, 0.05) is 6.08 Å². The van der Waals surface area contributed by atoms with Gasteiger partial charge in [0.05, 0.1) is 20.8 Å². The standard InChI is InChI=1S/C19H18Cl3NO/c1-19(2,3)13-7-4-12(5-8-13)6-9-18(24)23-17-11-15(21)14(20)10-16(17)22/h4-11H,1-3H3,(H,23,24). The summed E-state index contributed by atoms with van der Waals surface area (Å²) in [6, 6.07) is 11.1. The molecule has 0 fully saturated rings. The fraction of sp³-hybridized carbons (Fsp3) is 0.211. The molecule has 2 aromatic carbocycles. The summed E-state index contributed by atoms with van der Waals surface area (Å²) in [6.07, 6.45) is 3.19. The van der Waals surface area contributed by atoms with Crippen molar-refractivity contribution in [3.05, 3.63) is 68.7 Å². The van der Waals surface area contributed by atoms with E-state index in [0.29, 0.717) is 20.8 Å².